The number of hydrogen-bond acceptors (Lipinski definition) is 7. The van der Waals surface area contributed by atoms with Gasteiger partial charge in [-0.2, -0.15) is 4.31 Å². The maximum Gasteiger partial charge on any atom is 0.265 e. The Morgan fingerprint density at radius 3 is 2.71 bits per heavy atom. The lowest BCUT2D eigenvalue weighted by Gasteiger charge is -2.26. The molecule has 2 heterocycles. The maximum atomic E-state index is 12.8. The average molecular weight is 486 g/mol. The second-order valence-electron chi connectivity index (χ2n) is 6.58. The predicted molar refractivity (Wildman–Crippen MR) is 114 cm³/mol. The van der Waals surface area contributed by atoms with E-state index in [4.69, 9.17) is 32.8 Å². The van der Waals surface area contributed by atoms with Crippen LogP contribution in [0.3, 0.4) is 0 Å². The molecule has 1 fully saturated rings. The second kappa shape index (κ2) is 8.97. The van der Waals surface area contributed by atoms with Crippen LogP contribution in [0.2, 0.25) is 10.0 Å². The highest BCUT2D eigenvalue weighted by Gasteiger charge is 2.27. The molecule has 0 atom stereocenters. The molecule has 10 nitrogen and oxygen atoms in total. The molecule has 2 aromatic carbocycles. The maximum absolute atomic E-state index is 12.8. The quantitative estimate of drug-likeness (QED) is 0.565. The number of morpholine rings is 1. The van der Waals surface area contributed by atoms with Crippen molar-refractivity contribution in [2.75, 3.05) is 38.2 Å². The van der Waals surface area contributed by atoms with E-state index in [0.29, 0.717) is 29.3 Å². The van der Waals surface area contributed by atoms with E-state index in [9.17, 15) is 13.2 Å². The first kappa shape index (κ1) is 21.8. The summed E-state index contributed by atoms with van der Waals surface area (Å²) in [5.74, 6) is -0.562. The third-order valence-corrected chi connectivity index (χ3v) is 6.97. The molecule has 1 amide bonds. The monoisotopic (exact) mass is 485 g/mol. The van der Waals surface area contributed by atoms with E-state index in [1.54, 1.807) is 18.2 Å². The van der Waals surface area contributed by atoms with E-state index in [1.807, 2.05) is 0 Å². The number of aromatic nitrogens is 3. The lowest BCUT2D eigenvalue weighted by molar-refractivity contribution is -0.121. The highest BCUT2D eigenvalue weighted by Crippen LogP contribution is 2.27. The van der Waals surface area contributed by atoms with Crippen molar-refractivity contribution >= 4 is 55.9 Å². The summed E-state index contributed by atoms with van der Waals surface area (Å²) in [6.45, 7) is 0.764. The van der Waals surface area contributed by atoms with Gasteiger partial charge in [0.05, 0.1) is 28.8 Å². The summed E-state index contributed by atoms with van der Waals surface area (Å²) in [4.78, 5) is 18.8. The van der Waals surface area contributed by atoms with Crippen molar-refractivity contribution in [1.82, 2.24) is 19.5 Å². The van der Waals surface area contributed by atoms with Crippen molar-refractivity contribution < 1.29 is 22.8 Å². The van der Waals surface area contributed by atoms with Crippen LogP contribution in [-0.2, 0) is 19.6 Å². The zero-order valence-corrected chi connectivity index (χ0v) is 18.3. The molecule has 1 aromatic heterocycles. The fourth-order valence-corrected chi connectivity index (χ4v) is 4.74. The highest BCUT2D eigenvalue weighted by molar-refractivity contribution is 7.89. The van der Waals surface area contributed by atoms with Gasteiger partial charge >= 0.3 is 0 Å². The van der Waals surface area contributed by atoms with Crippen LogP contribution >= 0.6 is 23.2 Å². The number of rotatable bonds is 6. The third kappa shape index (κ3) is 4.75. The van der Waals surface area contributed by atoms with Crippen LogP contribution in [-0.4, -0.2) is 66.7 Å². The Morgan fingerprint density at radius 2 is 1.94 bits per heavy atom. The molecule has 1 aliphatic rings. The largest absolute Gasteiger partial charge is 0.385 e. The topological polar surface area (TPSA) is 116 Å². The number of hydrogen-bond donors (Lipinski definition) is 1. The number of ether oxygens (including phenoxy) is 1. The van der Waals surface area contributed by atoms with Crippen LogP contribution < -0.4 is 10.2 Å². The highest BCUT2D eigenvalue weighted by atomic mass is 35.5. The van der Waals surface area contributed by atoms with Crippen LogP contribution in [0.4, 0.5) is 5.69 Å². The van der Waals surface area contributed by atoms with E-state index in [-0.39, 0.29) is 28.7 Å². The van der Waals surface area contributed by atoms with Crippen LogP contribution in [0.15, 0.2) is 41.3 Å². The van der Waals surface area contributed by atoms with Gasteiger partial charge < -0.3 is 14.9 Å². The van der Waals surface area contributed by atoms with E-state index in [0.717, 1.165) is 4.85 Å². The molecular formula is C18H17Cl2N5O5S. The Morgan fingerprint density at radius 1 is 1.16 bits per heavy atom. The minimum atomic E-state index is -3.74. The van der Waals surface area contributed by atoms with Gasteiger partial charge in [-0.1, -0.05) is 28.0 Å². The van der Waals surface area contributed by atoms with Crippen molar-refractivity contribution in [1.29, 1.82) is 0 Å². The Kier molecular flexibility index (Phi) is 6.30. The summed E-state index contributed by atoms with van der Waals surface area (Å²) >= 11 is 12.1. The number of carbonyl (C=O) groups excluding carboxylic acids is 1. The molecule has 1 N–H and O–H groups in total. The summed E-state index contributed by atoms with van der Waals surface area (Å²) in [7, 11) is -3.74. The molecule has 0 spiro atoms. The zero-order chi connectivity index (χ0) is 22.0. The molecule has 0 bridgehead atoms. The number of fused-ring (bicyclic) bond motifs is 1. The number of anilines is 1. The van der Waals surface area contributed by atoms with Crippen molar-refractivity contribution in [3.8, 4) is 0 Å². The summed E-state index contributed by atoms with van der Waals surface area (Å²) in [5, 5.41) is 10.9. The predicted octanol–water partition coefficient (Wildman–Crippen LogP) is 1.83. The summed E-state index contributed by atoms with van der Waals surface area (Å²) in [6.07, 6.45) is 0. The van der Waals surface area contributed by atoms with Gasteiger partial charge in [-0.05, 0) is 41.6 Å². The molecule has 164 valence electrons. The van der Waals surface area contributed by atoms with Gasteiger partial charge in [0, 0.05) is 18.1 Å². The van der Waals surface area contributed by atoms with Crippen LogP contribution in [0, 0.1) is 0 Å². The number of amides is 1. The number of benzene rings is 2. The van der Waals surface area contributed by atoms with Crippen molar-refractivity contribution in [3.63, 3.8) is 0 Å². The minimum Gasteiger partial charge on any atom is -0.385 e. The number of nitrogens with one attached hydrogen (secondary N) is 1. The molecule has 3 aromatic rings. The SMILES string of the molecule is O=C(COn1nnc2ccc(Cl)cc21)Nc1cc(S(=O)(=O)N2CCOCC2)ccc1Cl. The van der Waals surface area contributed by atoms with E-state index in [1.165, 1.54) is 22.5 Å². The van der Waals surface area contributed by atoms with Crippen molar-refractivity contribution in [2.45, 2.75) is 4.90 Å². The first-order chi connectivity index (χ1) is 14.8. The molecule has 0 radical (unpaired) electrons. The number of carbonyl (C=O) groups is 1. The molecular weight excluding hydrogens is 469 g/mol. The Hall–Kier alpha value is -2.44. The number of nitrogens with zero attached hydrogens (tertiary/aromatic N) is 4. The van der Waals surface area contributed by atoms with Crippen LogP contribution in [0.25, 0.3) is 11.0 Å². The lowest BCUT2D eigenvalue weighted by atomic mass is 10.3. The van der Waals surface area contributed by atoms with Crippen LogP contribution in [0.5, 0.6) is 0 Å². The van der Waals surface area contributed by atoms with Gasteiger partial charge in [-0.25, -0.2) is 8.42 Å². The van der Waals surface area contributed by atoms with Crippen molar-refractivity contribution in [3.05, 3.63) is 46.4 Å². The molecule has 31 heavy (non-hydrogen) atoms. The fraction of sp³-hybridized carbons (Fsp3) is 0.278. The number of halogens is 2. The first-order valence-electron chi connectivity index (χ1n) is 9.16. The molecule has 0 saturated carbocycles. The van der Waals surface area contributed by atoms with Gasteiger partial charge in [-0.15, -0.1) is 5.10 Å². The summed E-state index contributed by atoms with van der Waals surface area (Å²) < 4.78 is 32.2. The number of sulfonamides is 1. The van der Waals surface area contributed by atoms with Crippen LogP contribution in [0.1, 0.15) is 0 Å². The van der Waals surface area contributed by atoms with Gasteiger partial charge in [0.25, 0.3) is 5.91 Å². The Balaban J connectivity index is 1.46. The Labute approximate surface area is 187 Å². The van der Waals surface area contributed by atoms with Gasteiger partial charge in [0.15, 0.2) is 6.61 Å². The third-order valence-electron chi connectivity index (χ3n) is 4.51. The summed E-state index contributed by atoms with van der Waals surface area (Å²) in [6, 6.07) is 9.06. The molecule has 1 saturated heterocycles. The van der Waals surface area contributed by atoms with Gasteiger partial charge in [-0.3, -0.25) is 4.79 Å². The smallest absolute Gasteiger partial charge is 0.265 e. The minimum absolute atomic E-state index is 0.0203. The molecule has 1 aliphatic heterocycles. The standard InChI is InChI=1S/C18H17Cl2N5O5S/c19-12-1-4-15-17(9-12)25(23-22-15)30-11-18(26)21-16-10-13(2-3-14(16)20)31(27,28)24-5-7-29-8-6-24/h1-4,9-10H,5-8,11H2,(H,21,26). The second-order valence-corrected chi connectivity index (χ2v) is 9.36. The van der Waals surface area contributed by atoms with E-state index < -0.39 is 22.5 Å². The summed E-state index contributed by atoms with van der Waals surface area (Å²) in [5.41, 5.74) is 1.20. The molecule has 4 rings (SSSR count). The first-order valence-corrected chi connectivity index (χ1v) is 11.4. The lowest BCUT2D eigenvalue weighted by Crippen LogP contribution is -2.40. The van der Waals surface area contributed by atoms with E-state index in [2.05, 4.69) is 15.6 Å². The molecule has 0 unspecified atom stereocenters. The zero-order valence-electron chi connectivity index (χ0n) is 16.0. The van der Waals surface area contributed by atoms with Gasteiger partial charge in [0.2, 0.25) is 10.0 Å². The Bertz CT molecular complexity index is 1230. The van der Waals surface area contributed by atoms with Crippen molar-refractivity contribution in [2.24, 2.45) is 0 Å². The normalized spacial score (nSPS) is 15.2. The van der Waals surface area contributed by atoms with Gasteiger partial charge in [0.1, 0.15) is 11.0 Å². The molecule has 13 heteroatoms. The van der Waals surface area contributed by atoms with E-state index >= 15 is 0 Å². The fourth-order valence-electron chi connectivity index (χ4n) is 2.97. The average Bonchev–Trinajstić information content (AvgIpc) is 3.16. The molecule has 0 aliphatic carbocycles.